The molecule has 27 heavy (non-hydrogen) atoms. The third-order valence-corrected chi connectivity index (χ3v) is 4.31. The zero-order chi connectivity index (χ0) is 20.0. The first-order chi connectivity index (χ1) is 12.8. The molecule has 0 spiro atoms. The molecule has 1 aliphatic rings. The van der Waals surface area contributed by atoms with Crippen LogP contribution in [0, 0.1) is 0 Å². The number of urea groups is 2. The van der Waals surface area contributed by atoms with Gasteiger partial charge >= 0.3 is 12.1 Å². The normalized spacial score (nSPS) is 18.8. The van der Waals surface area contributed by atoms with Gasteiger partial charge in [0, 0.05) is 6.54 Å². The van der Waals surface area contributed by atoms with Crippen LogP contribution in [0.15, 0.2) is 36.9 Å². The van der Waals surface area contributed by atoms with E-state index >= 15 is 0 Å². The van der Waals surface area contributed by atoms with Gasteiger partial charge in [0.25, 0.3) is 5.91 Å². The first-order valence-electron chi connectivity index (χ1n) is 8.74. The maximum absolute atomic E-state index is 12.8. The summed E-state index contributed by atoms with van der Waals surface area (Å²) in [6, 6.07) is 6.04. The lowest BCUT2D eigenvalue weighted by molar-refractivity contribution is -0.134. The molecule has 1 atom stereocenters. The predicted molar refractivity (Wildman–Crippen MR) is 99.8 cm³/mol. The third-order valence-electron chi connectivity index (χ3n) is 4.31. The van der Waals surface area contributed by atoms with E-state index in [1.54, 1.807) is 19.1 Å². The molecule has 1 saturated heterocycles. The van der Waals surface area contributed by atoms with Crippen molar-refractivity contribution in [2.45, 2.75) is 32.2 Å². The van der Waals surface area contributed by atoms with E-state index in [-0.39, 0.29) is 6.54 Å². The molecule has 0 radical (unpaired) electrons. The number of carbonyl (C=O) groups excluding carboxylic acids is 4. The van der Waals surface area contributed by atoms with Crippen LogP contribution < -0.4 is 16.0 Å². The Morgan fingerprint density at radius 2 is 1.93 bits per heavy atom. The third kappa shape index (κ3) is 4.52. The Bertz CT molecular complexity index is 759. The summed E-state index contributed by atoms with van der Waals surface area (Å²) in [7, 11) is 0. The van der Waals surface area contributed by atoms with Gasteiger partial charge in [-0.1, -0.05) is 43.7 Å². The van der Waals surface area contributed by atoms with Crippen molar-refractivity contribution in [1.29, 1.82) is 0 Å². The van der Waals surface area contributed by atoms with Crippen LogP contribution in [0.3, 0.4) is 0 Å². The van der Waals surface area contributed by atoms with E-state index in [1.165, 1.54) is 6.08 Å². The number of imide groups is 2. The highest BCUT2D eigenvalue weighted by Gasteiger charge is 2.49. The monoisotopic (exact) mass is 372 g/mol. The molecular weight excluding hydrogens is 348 g/mol. The second-order valence-electron chi connectivity index (χ2n) is 6.44. The number of carbonyl (C=O) groups is 4. The van der Waals surface area contributed by atoms with Gasteiger partial charge in [0.05, 0.1) is 0 Å². The second-order valence-corrected chi connectivity index (χ2v) is 6.44. The minimum Gasteiger partial charge on any atom is -0.334 e. The molecule has 8 nitrogen and oxygen atoms in total. The van der Waals surface area contributed by atoms with Crippen molar-refractivity contribution in [2.75, 3.05) is 13.1 Å². The van der Waals surface area contributed by atoms with Crippen molar-refractivity contribution >= 4 is 23.9 Å². The van der Waals surface area contributed by atoms with E-state index < -0.39 is 36.0 Å². The molecule has 1 heterocycles. The van der Waals surface area contributed by atoms with Crippen LogP contribution in [0.1, 0.15) is 31.4 Å². The molecule has 1 unspecified atom stereocenters. The van der Waals surface area contributed by atoms with Gasteiger partial charge in [0.15, 0.2) is 0 Å². The number of benzene rings is 1. The van der Waals surface area contributed by atoms with Gasteiger partial charge in [0.2, 0.25) is 5.91 Å². The zero-order valence-corrected chi connectivity index (χ0v) is 15.5. The quantitative estimate of drug-likeness (QED) is 0.497. The molecule has 6 amide bonds. The average Bonchev–Trinajstić information content (AvgIpc) is 2.85. The van der Waals surface area contributed by atoms with Crippen molar-refractivity contribution in [1.82, 2.24) is 20.9 Å². The van der Waals surface area contributed by atoms with Gasteiger partial charge in [-0.2, -0.15) is 0 Å². The first-order valence-corrected chi connectivity index (χ1v) is 8.74. The summed E-state index contributed by atoms with van der Waals surface area (Å²) >= 11 is 0. The van der Waals surface area contributed by atoms with Crippen LogP contribution in [0.4, 0.5) is 9.59 Å². The Morgan fingerprint density at radius 3 is 2.52 bits per heavy atom. The molecule has 1 aliphatic heterocycles. The van der Waals surface area contributed by atoms with E-state index in [4.69, 9.17) is 0 Å². The molecule has 1 aromatic carbocycles. The van der Waals surface area contributed by atoms with E-state index in [0.717, 1.165) is 23.3 Å². The Balaban J connectivity index is 2.07. The van der Waals surface area contributed by atoms with E-state index in [0.29, 0.717) is 5.56 Å². The highest BCUT2D eigenvalue weighted by molar-refractivity contribution is 6.10. The minimum absolute atomic E-state index is 0.189. The van der Waals surface area contributed by atoms with Crippen LogP contribution in [0.5, 0.6) is 0 Å². The van der Waals surface area contributed by atoms with Gasteiger partial charge in [-0.05, 0) is 24.5 Å². The number of nitrogens with one attached hydrogen (secondary N) is 3. The lowest BCUT2D eigenvalue weighted by Crippen LogP contribution is -2.46. The maximum Gasteiger partial charge on any atom is 0.325 e. The fraction of sp³-hybridized carbons (Fsp3) is 0.368. The minimum atomic E-state index is -1.26. The van der Waals surface area contributed by atoms with Crippen LogP contribution in [0.2, 0.25) is 0 Å². The summed E-state index contributed by atoms with van der Waals surface area (Å²) in [5.41, 5.74) is 0.517. The fourth-order valence-corrected chi connectivity index (χ4v) is 2.85. The van der Waals surface area contributed by atoms with Gasteiger partial charge in [-0.15, -0.1) is 6.58 Å². The standard InChI is InChI=1S/C19H24N4O4/c1-4-6-13-7-9-14(10-8-13)19(3)16(25)23(18(27)22-19)12-15(24)21-17(26)20-11-5-2/h5,7-10H,2,4,6,11-12H2,1,3H3,(H,22,27)(H2,20,21,24,26). The largest absolute Gasteiger partial charge is 0.334 e. The van der Waals surface area contributed by atoms with Gasteiger partial charge in [-0.3, -0.25) is 19.8 Å². The molecule has 0 aromatic heterocycles. The molecule has 1 aromatic rings. The van der Waals surface area contributed by atoms with Crippen LogP contribution in [-0.2, 0) is 21.5 Å². The number of nitrogens with zero attached hydrogens (tertiary/aromatic N) is 1. The molecule has 2 rings (SSSR count). The number of amides is 6. The Labute approximate surface area is 158 Å². The SMILES string of the molecule is C=CCNC(=O)NC(=O)CN1C(=O)NC(C)(c2ccc(CCC)cc2)C1=O. The topological polar surface area (TPSA) is 108 Å². The van der Waals surface area contributed by atoms with Crippen LogP contribution in [-0.4, -0.2) is 41.9 Å². The summed E-state index contributed by atoms with van der Waals surface area (Å²) in [4.78, 5) is 49.3. The average molecular weight is 372 g/mol. The van der Waals surface area contributed by atoms with Crippen molar-refractivity contribution in [3.05, 3.63) is 48.0 Å². The molecule has 0 saturated carbocycles. The summed E-state index contributed by atoms with van der Waals surface area (Å²) in [6.45, 7) is 6.76. The number of aryl methyl sites for hydroxylation is 1. The fourth-order valence-electron chi connectivity index (χ4n) is 2.85. The van der Waals surface area contributed by atoms with Crippen molar-refractivity contribution < 1.29 is 19.2 Å². The Morgan fingerprint density at radius 1 is 1.26 bits per heavy atom. The predicted octanol–water partition coefficient (Wildman–Crippen LogP) is 1.42. The molecule has 3 N–H and O–H groups in total. The lowest BCUT2D eigenvalue weighted by atomic mass is 9.91. The molecule has 0 aliphatic carbocycles. The summed E-state index contributed by atoms with van der Waals surface area (Å²) in [5, 5.41) is 7.07. The van der Waals surface area contributed by atoms with Gasteiger partial charge in [-0.25, -0.2) is 9.59 Å². The van der Waals surface area contributed by atoms with Gasteiger partial charge < -0.3 is 10.6 Å². The molecule has 0 bridgehead atoms. The van der Waals surface area contributed by atoms with E-state index in [9.17, 15) is 19.2 Å². The highest BCUT2D eigenvalue weighted by Crippen LogP contribution is 2.29. The Hall–Kier alpha value is -3.16. The highest BCUT2D eigenvalue weighted by atomic mass is 16.2. The smallest absolute Gasteiger partial charge is 0.325 e. The molecule has 144 valence electrons. The number of hydrogen-bond donors (Lipinski definition) is 3. The van der Waals surface area contributed by atoms with E-state index in [1.807, 2.05) is 12.1 Å². The van der Waals surface area contributed by atoms with Gasteiger partial charge in [0.1, 0.15) is 12.1 Å². The van der Waals surface area contributed by atoms with Crippen molar-refractivity contribution in [3.8, 4) is 0 Å². The van der Waals surface area contributed by atoms with Crippen molar-refractivity contribution in [2.24, 2.45) is 0 Å². The number of rotatable bonds is 7. The summed E-state index contributed by atoms with van der Waals surface area (Å²) in [5.74, 6) is -1.31. The summed E-state index contributed by atoms with van der Waals surface area (Å²) in [6.07, 6.45) is 3.39. The lowest BCUT2D eigenvalue weighted by Gasteiger charge is -2.22. The van der Waals surface area contributed by atoms with Crippen LogP contribution >= 0.6 is 0 Å². The Kier molecular flexibility index (Phi) is 6.33. The molecular formula is C19H24N4O4. The van der Waals surface area contributed by atoms with Crippen molar-refractivity contribution in [3.63, 3.8) is 0 Å². The maximum atomic E-state index is 12.8. The summed E-state index contributed by atoms with van der Waals surface area (Å²) < 4.78 is 0. The number of hydrogen-bond acceptors (Lipinski definition) is 4. The molecule has 8 heteroatoms. The second kappa shape index (κ2) is 8.48. The zero-order valence-electron chi connectivity index (χ0n) is 15.5. The van der Waals surface area contributed by atoms with Crippen LogP contribution in [0.25, 0.3) is 0 Å². The molecule has 1 fully saturated rings. The van der Waals surface area contributed by atoms with E-state index in [2.05, 4.69) is 29.5 Å². The first kappa shape index (κ1) is 20.2.